The Labute approximate surface area is 163 Å². The van der Waals surface area contributed by atoms with Crippen molar-refractivity contribution in [3.63, 3.8) is 0 Å². The van der Waals surface area contributed by atoms with Gasteiger partial charge in [0.25, 0.3) is 0 Å². The molecule has 0 saturated heterocycles. The van der Waals surface area contributed by atoms with Gasteiger partial charge in [-0.15, -0.1) is 10.2 Å². The van der Waals surface area contributed by atoms with Crippen LogP contribution in [0.1, 0.15) is 26.6 Å². The summed E-state index contributed by atoms with van der Waals surface area (Å²) in [7, 11) is 0. The third-order valence-electron chi connectivity index (χ3n) is 3.94. The fourth-order valence-electron chi connectivity index (χ4n) is 2.59. The largest absolute Gasteiger partial charge is 0.336 e. The second-order valence-corrected chi connectivity index (χ2v) is 8.15. The molecule has 0 saturated carbocycles. The van der Waals surface area contributed by atoms with Gasteiger partial charge in [0.2, 0.25) is 11.1 Å². The third kappa shape index (κ3) is 4.68. The van der Waals surface area contributed by atoms with Crippen molar-refractivity contribution in [3.8, 4) is 11.1 Å². The zero-order valence-corrected chi connectivity index (χ0v) is 16.5. The minimum Gasteiger partial charge on any atom is -0.336 e. The summed E-state index contributed by atoms with van der Waals surface area (Å²) in [4.78, 5) is 12.2. The third-order valence-corrected chi connectivity index (χ3v) is 4.89. The van der Waals surface area contributed by atoms with Crippen LogP contribution in [0.3, 0.4) is 0 Å². The molecule has 0 unspecified atom stereocenters. The van der Waals surface area contributed by atoms with Gasteiger partial charge in [-0.1, -0.05) is 75.0 Å². The van der Waals surface area contributed by atoms with Crippen LogP contribution < -0.4 is 11.2 Å². The van der Waals surface area contributed by atoms with Gasteiger partial charge < -0.3 is 11.2 Å². The molecule has 6 nitrogen and oxygen atoms in total. The van der Waals surface area contributed by atoms with Gasteiger partial charge in [0, 0.05) is 11.1 Å². The molecule has 1 heterocycles. The maximum atomic E-state index is 12.2. The Hall–Kier alpha value is -2.80. The molecule has 27 heavy (non-hydrogen) atoms. The van der Waals surface area contributed by atoms with Gasteiger partial charge in [0.15, 0.2) is 5.82 Å². The SMILES string of the molecule is CC(C)(C)c1nnc(SCC(=O)Nc2ccc(-c3ccccc3)cc2)n1N. The predicted molar refractivity (Wildman–Crippen MR) is 110 cm³/mol. The average molecular weight is 382 g/mol. The number of amides is 1. The van der Waals surface area contributed by atoms with Crippen molar-refractivity contribution < 1.29 is 4.79 Å². The molecule has 0 radical (unpaired) electrons. The van der Waals surface area contributed by atoms with E-state index in [-0.39, 0.29) is 17.1 Å². The smallest absolute Gasteiger partial charge is 0.234 e. The number of nitrogens with two attached hydrogens (primary N) is 1. The Bertz CT molecular complexity index is 914. The van der Waals surface area contributed by atoms with E-state index in [1.54, 1.807) is 0 Å². The Balaban J connectivity index is 1.58. The van der Waals surface area contributed by atoms with Crippen LogP contribution in [-0.2, 0) is 10.2 Å². The van der Waals surface area contributed by atoms with Gasteiger partial charge in [-0.3, -0.25) is 4.79 Å². The minimum absolute atomic E-state index is 0.118. The van der Waals surface area contributed by atoms with Crippen molar-refractivity contribution in [2.75, 3.05) is 16.9 Å². The highest BCUT2D eigenvalue weighted by Gasteiger charge is 2.23. The number of hydrogen-bond acceptors (Lipinski definition) is 5. The second kappa shape index (κ2) is 7.84. The number of nitrogens with one attached hydrogen (secondary N) is 1. The maximum absolute atomic E-state index is 12.2. The van der Waals surface area contributed by atoms with Crippen molar-refractivity contribution in [1.82, 2.24) is 14.9 Å². The zero-order valence-electron chi connectivity index (χ0n) is 15.6. The normalized spacial score (nSPS) is 11.4. The van der Waals surface area contributed by atoms with Crippen LogP contribution in [0.2, 0.25) is 0 Å². The lowest BCUT2D eigenvalue weighted by Crippen LogP contribution is -2.24. The summed E-state index contributed by atoms with van der Waals surface area (Å²) in [6.07, 6.45) is 0. The average Bonchev–Trinajstić information content (AvgIpc) is 3.02. The fraction of sp³-hybridized carbons (Fsp3) is 0.250. The highest BCUT2D eigenvalue weighted by molar-refractivity contribution is 7.99. The van der Waals surface area contributed by atoms with Crippen molar-refractivity contribution in [1.29, 1.82) is 0 Å². The standard InChI is InChI=1S/C20H23N5OS/c1-20(2,3)18-23-24-19(25(18)21)27-13-17(26)22-16-11-9-15(10-12-16)14-7-5-4-6-8-14/h4-12H,13,21H2,1-3H3,(H,22,26). The molecule has 1 aromatic heterocycles. The van der Waals surface area contributed by atoms with Crippen LogP contribution in [0, 0.1) is 0 Å². The molecule has 0 aliphatic heterocycles. The monoisotopic (exact) mass is 381 g/mol. The Morgan fingerprint density at radius 1 is 1.04 bits per heavy atom. The van der Waals surface area contributed by atoms with Crippen LogP contribution in [0.15, 0.2) is 59.8 Å². The molecule has 3 rings (SSSR count). The van der Waals surface area contributed by atoms with Crippen molar-refractivity contribution in [2.24, 2.45) is 0 Å². The quantitative estimate of drug-likeness (QED) is 0.520. The first-order valence-corrected chi connectivity index (χ1v) is 9.62. The molecule has 0 fully saturated rings. The molecule has 140 valence electrons. The predicted octanol–water partition coefficient (Wildman–Crippen LogP) is 3.69. The first-order chi connectivity index (χ1) is 12.8. The zero-order chi connectivity index (χ0) is 19.4. The maximum Gasteiger partial charge on any atom is 0.234 e. The van der Waals surface area contributed by atoms with Gasteiger partial charge >= 0.3 is 0 Å². The topological polar surface area (TPSA) is 85.8 Å². The van der Waals surface area contributed by atoms with Gasteiger partial charge in [-0.25, -0.2) is 4.68 Å². The van der Waals surface area contributed by atoms with E-state index in [1.165, 1.54) is 16.4 Å². The number of nitrogen functional groups attached to an aromatic ring is 1. The van der Waals surface area contributed by atoms with Crippen LogP contribution in [0.25, 0.3) is 11.1 Å². The fourth-order valence-corrected chi connectivity index (χ4v) is 3.25. The summed E-state index contributed by atoms with van der Waals surface area (Å²) in [5, 5.41) is 11.6. The van der Waals surface area contributed by atoms with E-state index < -0.39 is 0 Å². The molecule has 3 aromatic rings. The summed E-state index contributed by atoms with van der Waals surface area (Å²) in [5.74, 6) is 6.81. The number of rotatable bonds is 5. The summed E-state index contributed by atoms with van der Waals surface area (Å²) >= 11 is 1.26. The van der Waals surface area contributed by atoms with Crippen LogP contribution in [-0.4, -0.2) is 26.5 Å². The first-order valence-electron chi connectivity index (χ1n) is 8.64. The van der Waals surface area contributed by atoms with Gasteiger partial charge in [0.05, 0.1) is 5.75 Å². The number of carbonyl (C=O) groups is 1. The van der Waals surface area contributed by atoms with Gasteiger partial charge in [-0.2, -0.15) is 0 Å². The summed E-state index contributed by atoms with van der Waals surface area (Å²) < 4.78 is 1.45. The number of aromatic nitrogens is 3. The molecule has 2 aromatic carbocycles. The molecule has 0 bridgehead atoms. The lowest BCUT2D eigenvalue weighted by atomic mass is 9.96. The number of nitrogens with zero attached hydrogens (tertiary/aromatic N) is 3. The van der Waals surface area contributed by atoms with Gasteiger partial charge in [-0.05, 0) is 23.3 Å². The highest BCUT2D eigenvalue weighted by Crippen LogP contribution is 2.24. The lowest BCUT2D eigenvalue weighted by Gasteiger charge is -2.16. The molecule has 0 aliphatic rings. The second-order valence-electron chi connectivity index (χ2n) is 7.21. The van der Waals surface area contributed by atoms with Crippen LogP contribution in [0.5, 0.6) is 0 Å². The molecular weight excluding hydrogens is 358 g/mol. The molecule has 0 atom stereocenters. The van der Waals surface area contributed by atoms with Gasteiger partial charge in [0.1, 0.15) is 0 Å². The Kier molecular flexibility index (Phi) is 5.51. The molecule has 0 aliphatic carbocycles. The Morgan fingerprint density at radius 2 is 1.67 bits per heavy atom. The van der Waals surface area contributed by atoms with Crippen molar-refractivity contribution in [3.05, 3.63) is 60.4 Å². The van der Waals surface area contributed by atoms with E-state index in [9.17, 15) is 4.79 Å². The number of benzene rings is 2. The van der Waals surface area contributed by atoms with E-state index in [2.05, 4.69) is 27.6 Å². The summed E-state index contributed by atoms with van der Waals surface area (Å²) in [6, 6.07) is 17.9. The molecule has 3 N–H and O–H groups in total. The lowest BCUT2D eigenvalue weighted by molar-refractivity contribution is -0.113. The van der Waals surface area contributed by atoms with Crippen molar-refractivity contribution >= 4 is 23.4 Å². The molecule has 7 heteroatoms. The number of carbonyl (C=O) groups excluding carboxylic acids is 1. The number of anilines is 1. The van der Waals surface area contributed by atoms with Crippen molar-refractivity contribution in [2.45, 2.75) is 31.3 Å². The molecule has 1 amide bonds. The van der Waals surface area contributed by atoms with E-state index >= 15 is 0 Å². The Morgan fingerprint density at radius 3 is 2.26 bits per heavy atom. The first kappa shape index (κ1) is 19.0. The van der Waals surface area contributed by atoms with E-state index in [0.29, 0.717) is 11.0 Å². The molecule has 0 spiro atoms. The van der Waals surface area contributed by atoms with Crippen LogP contribution in [0.4, 0.5) is 5.69 Å². The number of thioether (sulfide) groups is 1. The summed E-state index contributed by atoms with van der Waals surface area (Å²) in [5.41, 5.74) is 2.80. The number of hydrogen-bond donors (Lipinski definition) is 2. The van der Waals surface area contributed by atoms with Crippen LogP contribution >= 0.6 is 11.8 Å². The van der Waals surface area contributed by atoms with E-state index in [4.69, 9.17) is 5.84 Å². The van der Waals surface area contributed by atoms with E-state index in [1.807, 2.05) is 63.2 Å². The summed E-state index contributed by atoms with van der Waals surface area (Å²) in [6.45, 7) is 6.04. The highest BCUT2D eigenvalue weighted by atomic mass is 32.2. The molecular formula is C20H23N5OS. The van der Waals surface area contributed by atoms with E-state index in [0.717, 1.165) is 16.8 Å². The minimum atomic E-state index is -0.205.